The van der Waals surface area contributed by atoms with Gasteiger partial charge in [-0.15, -0.1) is 11.3 Å². The fourth-order valence-corrected chi connectivity index (χ4v) is 6.74. The second kappa shape index (κ2) is 11.4. The Morgan fingerprint density at radius 3 is 2.11 bits per heavy atom. The average molecular weight is 519 g/mol. The highest BCUT2D eigenvalue weighted by atomic mass is 32.2. The lowest BCUT2D eigenvalue weighted by Crippen LogP contribution is -2.47. The third kappa shape index (κ3) is 6.54. The van der Waals surface area contributed by atoms with Crippen LogP contribution in [0.1, 0.15) is 42.5 Å². The second-order valence-electron chi connectivity index (χ2n) is 8.75. The van der Waals surface area contributed by atoms with Gasteiger partial charge in [-0.25, -0.2) is 17.2 Å². The van der Waals surface area contributed by atoms with Crippen molar-refractivity contribution in [3.63, 3.8) is 0 Å². The Morgan fingerprint density at radius 1 is 0.886 bits per heavy atom. The van der Waals surface area contributed by atoms with Gasteiger partial charge in [-0.1, -0.05) is 37.5 Å². The summed E-state index contributed by atoms with van der Waals surface area (Å²) in [5, 5.41) is 1.92. The van der Waals surface area contributed by atoms with Crippen LogP contribution in [0.25, 0.3) is 0 Å². The van der Waals surface area contributed by atoms with Gasteiger partial charge in [0.25, 0.3) is 0 Å². The van der Waals surface area contributed by atoms with Gasteiger partial charge in [0, 0.05) is 17.5 Å². The fourth-order valence-electron chi connectivity index (χ4n) is 4.39. The molecule has 1 aliphatic carbocycles. The number of thiophene rings is 1. The molecule has 4 rings (SSSR count). The largest absolute Gasteiger partial charge is 0.332 e. The van der Waals surface area contributed by atoms with Crippen LogP contribution in [0.15, 0.2) is 70.9 Å². The smallest absolute Gasteiger partial charge is 0.243 e. The maximum Gasteiger partial charge on any atom is 0.243 e. The Kier molecular flexibility index (Phi) is 8.30. The molecule has 1 heterocycles. The van der Waals surface area contributed by atoms with Crippen molar-refractivity contribution in [3.8, 4) is 0 Å². The molecule has 1 fully saturated rings. The quantitative estimate of drug-likeness (QED) is 0.372. The number of carbonyl (C=O) groups is 1. The summed E-state index contributed by atoms with van der Waals surface area (Å²) in [6, 6.07) is 14.2. The van der Waals surface area contributed by atoms with E-state index in [2.05, 4.69) is 0 Å². The van der Waals surface area contributed by atoms with Gasteiger partial charge in [0.1, 0.15) is 11.6 Å². The molecule has 35 heavy (non-hydrogen) atoms. The topological polar surface area (TPSA) is 57.7 Å². The molecule has 186 valence electrons. The van der Waals surface area contributed by atoms with Crippen LogP contribution in [-0.4, -0.2) is 36.1 Å². The van der Waals surface area contributed by atoms with E-state index in [1.807, 2.05) is 17.5 Å². The lowest BCUT2D eigenvalue weighted by Gasteiger charge is -2.34. The number of sulfonamides is 1. The Morgan fingerprint density at radius 2 is 1.51 bits per heavy atom. The molecule has 0 bridgehead atoms. The number of nitrogens with zero attached hydrogens (tertiary/aromatic N) is 2. The van der Waals surface area contributed by atoms with Gasteiger partial charge in [0.2, 0.25) is 15.9 Å². The van der Waals surface area contributed by atoms with E-state index in [0.717, 1.165) is 41.8 Å². The monoisotopic (exact) mass is 518 g/mol. The zero-order valence-electron chi connectivity index (χ0n) is 19.3. The molecule has 0 aliphatic heterocycles. The van der Waals surface area contributed by atoms with Crippen molar-refractivity contribution in [2.24, 2.45) is 0 Å². The minimum Gasteiger partial charge on any atom is -0.332 e. The molecule has 0 atom stereocenters. The first kappa shape index (κ1) is 25.5. The van der Waals surface area contributed by atoms with Gasteiger partial charge in [0.15, 0.2) is 0 Å². The van der Waals surface area contributed by atoms with Gasteiger partial charge >= 0.3 is 0 Å². The molecule has 0 saturated heterocycles. The number of carbonyl (C=O) groups excluding carboxylic acids is 1. The third-order valence-corrected chi connectivity index (χ3v) is 9.03. The lowest BCUT2D eigenvalue weighted by atomic mass is 9.95. The van der Waals surface area contributed by atoms with E-state index in [1.54, 1.807) is 17.0 Å². The van der Waals surface area contributed by atoms with Crippen molar-refractivity contribution >= 4 is 27.3 Å². The van der Waals surface area contributed by atoms with Crippen LogP contribution in [0.5, 0.6) is 0 Å². The van der Waals surface area contributed by atoms with Crippen molar-refractivity contribution in [1.29, 1.82) is 0 Å². The van der Waals surface area contributed by atoms with Crippen LogP contribution in [0.2, 0.25) is 0 Å². The highest BCUT2D eigenvalue weighted by Crippen LogP contribution is 2.28. The predicted molar refractivity (Wildman–Crippen MR) is 132 cm³/mol. The summed E-state index contributed by atoms with van der Waals surface area (Å²) in [7, 11) is -4.01. The number of halogens is 2. The van der Waals surface area contributed by atoms with Crippen LogP contribution >= 0.6 is 11.3 Å². The summed E-state index contributed by atoms with van der Waals surface area (Å²) < 4.78 is 55.4. The number of amides is 1. The Bertz CT molecular complexity index is 1210. The summed E-state index contributed by atoms with van der Waals surface area (Å²) in [4.78, 5) is 16.2. The van der Waals surface area contributed by atoms with Crippen molar-refractivity contribution in [1.82, 2.24) is 9.21 Å². The first-order chi connectivity index (χ1) is 16.8. The fraction of sp³-hybridized carbons (Fsp3) is 0.346. The molecule has 1 aliphatic rings. The summed E-state index contributed by atoms with van der Waals surface area (Å²) in [5.41, 5.74) is 0.752. The second-order valence-corrected chi connectivity index (χ2v) is 11.7. The molecule has 2 aromatic carbocycles. The Hall–Kier alpha value is -2.62. The first-order valence-corrected chi connectivity index (χ1v) is 14.0. The van der Waals surface area contributed by atoms with Crippen LogP contribution in [-0.2, 0) is 27.9 Å². The van der Waals surface area contributed by atoms with Gasteiger partial charge in [0.05, 0.1) is 18.0 Å². The van der Waals surface area contributed by atoms with E-state index in [1.165, 1.54) is 39.9 Å². The van der Waals surface area contributed by atoms with E-state index in [9.17, 15) is 22.0 Å². The molecule has 0 spiro atoms. The molecule has 1 saturated carbocycles. The zero-order chi connectivity index (χ0) is 24.8. The van der Waals surface area contributed by atoms with Crippen LogP contribution in [0.3, 0.4) is 0 Å². The number of benzene rings is 2. The zero-order valence-corrected chi connectivity index (χ0v) is 20.9. The highest BCUT2D eigenvalue weighted by molar-refractivity contribution is 7.89. The number of rotatable bonds is 9. The molecular formula is C26H28F2N2O3S2. The Labute approximate surface area is 209 Å². The van der Waals surface area contributed by atoms with Crippen molar-refractivity contribution in [2.75, 3.05) is 6.54 Å². The minimum absolute atomic E-state index is 0.0272. The maximum absolute atomic E-state index is 13.6. The Balaban J connectivity index is 1.62. The number of hydrogen-bond donors (Lipinski definition) is 0. The summed E-state index contributed by atoms with van der Waals surface area (Å²) in [6.45, 7) is 0.242. The summed E-state index contributed by atoms with van der Waals surface area (Å²) in [6.07, 6.45) is 4.17. The van der Waals surface area contributed by atoms with Crippen molar-refractivity contribution in [2.45, 2.75) is 56.1 Å². The molecule has 0 unspecified atom stereocenters. The standard InChI is InChI=1S/C26H28F2N2O3S2/c27-21-10-8-20(9-11-21)17-29(18-24-7-4-16-34-24)26(31)19-30(23-5-2-1-3-6-23)35(32,33)25-14-12-22(28)13-15-25/h4,7-16,23H,1-3,5-6,17-19H2. The maximum atomic E-state index is 13.6. The van der Waals surface area contributed by atoms with Crippen molar-refractivity contribution in [3.05, 3.63) is 88.1 Å². The minimum atomic E-state index is -4.01. The molecular weight excluding hydrogens is 490 g/mol. The van der Waals surface area contributed by atoms with E-state index in [-0.39, 0.29) is 35.8 Å². The van der Waals surface area contributed by atoms with E-state index in [0.29, 0.717) is 19.4 Å². The van der Waals surface area contributed by atoms with Crippen LogP contribution in [0, 0.1) is 11.6 Å². The van der Waals surface area contributed by atoms with Gasteiger partial charge in [-0.05, 0) is 66.2 Å². The average Bonchev–Trinajstić information content (AvgIpc) is 3.37. The van der Waals surface area contributed by atoms with E-state index >= 15 is 0 Å². The lowest BCUT2D eigenvalue weighted by molar-refractivity contribution is -0.133. The normalized spacial score (nSPS) is 14.8. The number of hydrogen-bond acceptors (Lipinski definition) is 4. The molecule has 5 nitrogen and oxygen atoms in total. The molecule has 0 N–H and O–H groups in total. The van der Waals surface area contributed by atoms with E-state index in [4.69, 9.17) is 0 Å². The van der Waals surface area contributed by atoms with Gasteiger partial charge < -0.3 is 4.90 Å². The van der Waals surface area contributed by atoms with Gasteiger partial charge in [-0.2, -0.15) is 4.31 Å². The third-order valence-electron chi connectivity index (χ3n) is 6.26. The molecule has 0 radical (unpaired) electrons. The molecule has 3 aromatic rings. The molecule has 1 aromatic heterocycles. The van der Waals surface area contributed by atoms with E-state index < -0.39 is 15.8 Å². The van der Waals surface area contributed by atoms with Crippen LogP contribution < -0.4 is 0 Å². The molecule has 9 heteroatoms. The highest BCUT2D eigenvalue weighted by Gasteiger charge is 2.35. The predicted octanol–water partition coefficient (Wildman–Crippen LogP) is 5.58. The van der Waals surface area contributed by atoms with Crippen molar-refractivity contribution < 1.29 is 22.0 Å². The SMILES string of the molecule is O=C(CN(C1CCCCC1)S(=O)(=O)c1ccc(F)cc1)N(Cc1ccc(F)cc1)Cc1cccs1. The van der Waals surface area contributed by atoms with Gasteiger partial charge in [-0.3, -0.25) is 4.79 Å². The summed E-state index contributed by atoms with van der Waals surface area (Å²) >= 11 is 1.51. The first-order valence-electron chi connectivity index (χ1n) is 11.6. The summed E-state index contributed by atoms with van der Waals surface area (Å²) in [5.74, 6) is -1.22. The van der Waals surface area contributed by atoms with Crippen LogP contribution in [0.4, 0.5) is 8.78 Å². The molecule has 1 amide bonds.